The molecule has 24 heavy (non-hydrogen) atoms. The Morgan fingerprint density at radius 1 is 0.583 bits per heavy atom. The normalized spacial score (nSPS) is 57.6. The molecule has 10 unspecified atom stereocenters. The Bertz CT molecular complexity index is 523. The van der Waals surface area contributed by atoms with Crippen molar-refractivity contribution in [2.45, 2.75) is 87.9 Å². The van der Waals surface area contributed by atoms with Gasteiger partial charge in [0, 0.05) is 12.1 Å². The van der Waals surface area contributed by atoms with E-state index in [9.17, 15) is 8.78 Å². The van der Waals surface area contributed by atoms with Gasteiger partial charge in [-0.2, -0.15) is 0 Å². The van der Waals surface area contributed by atoms with Crippen molar-refractivity contribution >= 4 is 0 Å². The molecule has 8 rings (SSSR count). The lowest BCUT2D eigenvalue weighted by Crippen LogP contribution is -2.63. The van der Waals surface area contributed by atoms with E-state index in [1.54, 1.807) is 0 Å². The number of piperidine rings is 4. The molecule has 0 aromatic rings. The third-order valence-corrected chi connectivity index (χ3v) is 8.09. The number of nitrogens with zero attached hydrogens (tertiary/aromatic N) is 4. The van der Waals surface area contributed by atoms with E-state index >= 15 is 0 Å². The fraction of sp³-hybridized carbons (Fsp3) is 1.00. The van der Waals surface area contributed by atoms with E-state index in [-0.39, 0.29) is 23.9 Å². The minimum atomic E-state index is -0.751. The van der Waals surface area contributed by atoms with E-state index < -0.39 is 12.3 Å². The Morgan fingerprint density at radius 3 is 1.50 bits per heavy atom. The molecule has 132 valence electrons. The summed E-state index contributed by atoms with van der Waals surface area (Å²) in [7, 11) is 0. The first-order valence-corrected chi connectivity index (χ1v) is 9.93. The number of hydrogen-bond donors (Lipinski definition) is 0. The van der Waals surface area contributed by atoms with Crippen LogP contribution in [0.1, 0.15) is 51.4 Å². The molecule has 0 aromatic heterocycles. The van der Waals surface area contributed by atoms with Crippen molar-refractivity contribution in [3.8, 4) is 0 Å². The van der Waals surface area contributed by atoms with Crippen LogP contribution in [0.25, 0.3) is 0 Å². The molecular formula is C18H26F2N4. The van der Waals surface area contributed by atoms with E-state index in [1.807, 2.05) is 10.0 Å². The summed E-state index contributed by atoms with van der Waals surface area (Å²) in [6, 6.07) is 0.568. The highest BCUT2D eigenvalue weighted by Crippen LogP contribution is 2.52. The average Bonchev–Trinajstić information content (AvgIpc) is 2.57. The molecule has 4 aliphatic heterocycles. The van der Waals surface area contributed by atoms with Gasteiger partial charge in [-0.15, -0.1) is 0 Å². The Morgan fingerprint density at radius 2 is 1.04 bits per heavy atom. The lowest BCUT2D eigenvalue weighted by atomic mass is 9.63. The minimum absolute atomic E-state index is 0.0794. The predicted molar refractivity (Wildman–Crippen MR) is 84.4 cm³/mol. The Balaban J connectivity index is 1.24. The first-order chi connectivity index (χ1) is 11.7. The van der Waals surface area contributed by atoms with Crippen molar-refractivity contribution in [2.24, 2.45) is 34.1 Å². The molecular weight excluding hydrogens is 310 g/mol. The summed E-state index contributed by atoms with van der Waals surface area (Å²) >= 11 is 0. The van der Waals surface area contributed by atoms with E-state index in [2.05, 4.69) is 10.4 Å². The van der Waals surface area contributed by atoms with Crippen LogP contribution in [0.2, 0.25) is 0 Å². The third-order valence-electron chi connectivity index (χ3n) is 8.09. The van der Waals surface area contributed by atoms with E-state index in [0.29, 0.717) is 23.9 Å². The predicted octanol–water partition coefficient (Wildman–Crippen LogP) is 3.69. The number of alkyl halides is 2. The van der Waals surface area contributed by atoms with Gasteiger partial charge in [-0.05, 0) is 75.0 Å². The van der Waals surface area contributed by atoms with Gasteiger partial charge in [-0.25, -0.2) is 8.78 Å². The van der Waals surface area contributed by atoms with Gasteiger partial charge in [0.25, 0.3) is 0 Å². The zero-order chi connectivity index (χ0) is 16.0. The molecule has 0 spiro atoms. The summed E-state index contributed by atoms with van der Waals surface area (Å²) in [5, 5.41) is 13.0. The van der Waals surface area contributed by atoms with E-state index in [1.165, 1.54) is 0 Å². The Hall–Kier alpha value is -0.940. The summed E-state index contributed by atoms with van der Waals surface area (Å²) < 4.78 is 29.3. The molecule has 0 radical (unpaired) electrons. The lowest BCUT2D eigenvalue weighted by Gasteiger charge is -2.57. The maximum absolute atomic E-state index is 14.6. The number of halogens is 2. The maximum Gasteiger partial charge on any atom is 0.125 e. The van der Waals surface area contributed by atoms with Crippen molar-refractivity contribution in [3.63, 3.8) is 0 Å². The standard InChI is InChI=1S/C18H26F2N4/c19-17-11-1-9-3-13(7-11)23(15(17)5-9)21-22-24-14-4-10-2-12(8-14)18(20)16(24)6-10/h9-18H,1-8H2. The summed E-state index contributed by atoms with van der Waals surface area (Å²) in [5.74, 6) is 1.87. The van der Waals surface area contributed by atoms with Crippen LogP contribution in [0.3, 0.4) is 0 Å². The maximum atomic E-state index is 14.6. The smallest absolute Gasteiger partial charge is 0.125 e. The van der Waals surface area contributed by atoms with Crippen molar-refractivity contribution in [1.29, 1.82) is 0 Å². The van der Waals surface area contributed by atoms with Crippen molar-refractivity contribution in [2.75, 3.05) is 0 Å². The molecule has 10 atom stereocenters. The average molecular weight is 336 g/mol. The van der Waals surface area contributed by atoms with Crippen molar-refractivity contribution in [3.05, 3.63) is 0 Å². The SMILES string of the molecule is FC1C2CC3CC(C2)N(N=NN2C4CC5CC(C4)C(F)C2C5)C1C3. The van der Waals surface area contributed by atoms with Crippen LogP contribution < -0.4 is 0 Å². The number of rotatable bonds is 2. The third kappa shape index (κ3) is 1.83. The summed E-state index contributed by atoms with van der Waals surface area (Å²) in [4.78, 5) is 0. The van der Waals surface area contributed by atoms with Crippen molar-refractivity contribution < 1.29 is 8.78 Å². The molecule has 4 nitrogen and oxygen atoms in total. The van der Waals surface area contributed by atoms with Gasteiger partial charge in [0.2, 0.25) is 0 Å². The lowest BCUT2D eigenvalue weighted by molar-refractivity contribution is -0.135. The molecule has 4 saturated carbocycles. The van der Waals surface area contributed by atoms with E-state index in [4.69, 9.17) is 0 Å². The van der Waals surface area contributed by atoms with Gasteiger partial charge in [-0.1, -0.05) is 10.4 Å². The van der Waals surface area contributed by atoms with Gasteiger partial charge >= 0.3 is 0 Å². The quantitative estimate of drug-likeness (QED) is 0.720. The largest absolute Gasteiger partial charge is 0.268 e. The van der Waals surface area contributed by atoms with Crippen LogP contribution in [0.15, 0.2) is 10.4 Å². The number of hydrogen-bond acceptors (Lipinski definition) is 2. The Kier molecular flexibility index (Phi) is 2.86. The van der Waals surface area contributed by atoms with Gasteiger partial charge < -0.3 is 0 Å². The highest BCUT2D eigenvalue weighted by molar-refractivity contribution is 5.06. The molecule has 8 fully saturated rings. The second-order valence-electron chi connectivity index (χ2n) is 9.41. The zero-order valence-electron chi connectivity index (χ0n) is 14.0. The van der Waals surface area contributed by atoms with Gasteiger partial charge in [-0.3, -0.25) is 10.0 Å². The monoisotopic (exact) mass is 336 g/mol. The van der Waals surface area contributed by atoms with Crippen LogP contribution in [-0.4, -0.2) is 46.5 Å². The molecule has 0 N–H and O–H groups in total. The summed E-state index contributed by atoms with van der Waals surface area (Å²) in [6.07, 6.45) is 6.63. The van der Waals surface area contributed by atoms with Crippen LogP contribution in [0.5, 0.6) is 0 Å². The summed E-state index contributed by atoms with van der Waals surface area (Å²) in [5.41, 5.74) is 0. The fourth-order valence-electron chi connectivity index (χ4n) is 7.23. The fourth-order valence-corrected chi connectivity index (χ4v) is 7.23. The van der Waals surface area contributed by atoms with Crippen LogP contribution in [0, 0.1) is 23.7 Å². The topological polar surface area (TPSA) is 31.2 Å². The summed E-state index contributed by atoms with van der Waals surface area (Å²) in [6.45, 7) is 0. The van der Waals surface area contributed by atoms with E-state index in [0.717, 1.165) is 51.4 Å². The highest BCUT2D eigenvalue weighted by Gasteiger charge is 2.55. The first kappa shape index (κ1) is 14.3. The molecule has 4 heterocycles. The molecule has 4 saturated heterocycles. The molecule has 6 heteroatoms. The van der Waals surface area contributed by atoms with Gasteiger partial charge in [0.15, 0.2) is 0 Å². The highest BCUT2D eigenvalue weighted by atomic mass is 19.1. The second-order valence-corrected chi connectivity index (χ2v) is 9.41. The van der Waals surface area contributed by atoms with Crippen molar-refractivity contribution in [1.82, 2.24) is 10.0 Å². The molecule has 0 aromatic carbocycles. The van der Waals surface area contributed by atoms with Crippen LogP contribution in [0.4, 0.5) is 8.78 Å². The molecule has 8 bridgehead atoms. The molecule has 8 aliphatic rings. The molecule has 0 amide bonds. The van der Waals surface area contributed by atoms with Gasteiger partial charge in [0.05, 0.1) is 12.1 Å². The van der Waals surface area contributed by atoms with Crippen LogP contribution in [-0.2, 0) is 0 Å². The second kappa shape index (κ2) is 4.82. The zero-order valence-corrected chi connectivity index (χ0v) is 14.0. The van der Waals surface area contributed by atoms with Gasteiger partial charge in [0.1, 0.15) is 12.3 Å². The Labute approximate surface area is 141 Å². The van der Waals surface area contributed by atoms with Crippen LogP contribution >= 0.6 is 0 Å². The first-order valence-electron chi connectivity index (χ1n) is 9.93. The molecule has 4 aliphatic carbocycles. The minimum Gasteiger partial charge on any atom is -0.268 e.